The largest absolute Gasteiger partial charge is 0.341 e. The molecule has 0 fully saturated rings. The predicted octanol–water partition coefficient (Wildman–Crippen LogP) is 5.08. The third-order valence-electron chi connectivity index (χ3n) is 5.15. The topological polar surface area (TPSA) is 29.1 Å². The molecule has 0 radical (unpaired) electrons. The molecule has 0 aliphatic heterocycles. The SMILES string of the molecule is O=C(NC(c1ccccc1)c1ccccc1)c1ccc2c(c1)CCCC2. The first-order chi connectivity index (χ1) is 12.8. The molecule has 0 bridgehead atoms. The monoisotopic (exact) mass is 341 g/mol. The number of carbonyl (C=O) groups excluding carboxylic acids is 1. The number of aryl methyl sites for hydroxylation is 2. The van der Waals surface area contributed by atoms with Gasteiger partial charge in [-0.15, -0.1) is 0 Å². The van der Waals surface area contributed by atoms with E-state index in [-0.39, 0.29) is 11.9 Å². The lowest BCUT2D eigenvalue weighted by atomic mass is 9.90. The highest BCUT2D eigenvalue weighted by atomic mass is 16.1. The summed E-state index contributed by atoms with van der Waals surface area (Å²) in [5, 5.41) is 3.23. The second kappa shape index (κ2) is 7.57. The second-order valence-corrected chi connectivity index (χ2v) is 6.92. The van der Waals surface area contributed by atoms with E-state index in [0.29, 0.717) is 0 Å². The van der Waals surface area contributed by atoms with Gasteiger partial charge in [0, 0.05) is 5.56 Å². The molecule has 130 valence electrons. The van der Waals surface area contributed by atoms with Crippen molar-refractivity contribution in [3.05, 3.63) is 107 Å². The minimum atomic E-state index is -0.152. The Hall–Kier alpha value is -2.87. The van der Waals surface area contributed by atoms with E-state index < -0.39 is 0 Å². The molecular formula is C24H23NO. The average Bonchev–Trinajstić information content (AvgIpc) is 2.72. The Bertz CT molecular complexity index is 847. The minimum absolute atomic E-state index is 0.0175. The van der Waals surface area contributed by atoms with Crippen molar-refractivity contribution in [3.8, 4) is 0 Å². The molecule has 0 atom stereocenters. The quantitative estimate of drug-likeness (QED) is 0.704. The summed E-state index contributed by atoms with van der Waals surface area (Å²) in [6, 6.07) is 26.3. The smallest absolute Gasteiger partial charge is 0.252 e. The summed E-state index contributed by atoms with van der Waals surface area (Å²) in [7, 11) is 0. The summed E-state index contributed by atoms with van der Waals surface area (Å²) >= 11 is 0. The lowest BCUT2D eigenvalue weighted by Gasteiger charge is -2.21. The maximum Gasteiger partial charge on any atom is 0.252 e. The van der Waals surface area contributed by atoms with Gasteiger partial charge in [-0.3, -0.25) is 4.79 Å². The van der Waals surface area contributed by atoms with Crippen molar-refractivity contribution in [2.45, 2.75) is 31.7 Å². The van der Waals surface area contributed by atoms with Crippen LogP contribution in [0, 0.1) is 0 Å². The van der Waals surface area contributed by atoms with E-state index in [4.69, 9.17) is 0 Å². The fraction of sp³-hybridized carbons (Fsp3) is 0.208. The number of rotatable bonds is 4. The summed E-state index contributed by atoms with van der Waals surface area (Å²) in [6.07, 6.45) is 4.68. The van der Waals surface area contributed by atoms with E-state index in [0.717, 1.165) is 29.5 Å². The molecule has 0 aromatic heterocycles. The number of amides is 1. The Labute approximate surface area is 154 Å². The lowest BCUT2D eigenvalue weighted by Crippen LogP contribution is -2.29. The molecule has 2 nitrogen and oxygen atoms in total. The van der Waals surface area contributed by atoms with Crippen molar-refractivity contribution in [1.82, 2.24) is 5.32 Å². The molecule has 4 rings (SSSR count). The molecule has 1 aliphatic carbocycles. The molecule has 0 spiro atoms. The highest BCUT2D eigenvalue weighted by molar-refractivity contribution is 5.95. The van der Waals surface area contributed by atoms with Gasteiger partial charge in [0.1, 0.15) is 0 Å². The van der Waals surface area contributed by atoms with Gasteiger partial charge >= 0.3 is 0 Å². The summed E-state index contributed by atoms with van der Waals surface area (Å²) in [6.45, 7) is 0. The molecule has 1 N–H and O–H groups in total. The van der Waals surface area contributed by atoms with Gasteiger partial charge in [-0.05, 0) is 60.1 Å². The van der Waals surface area contributed by atoms with Gasteiger partial charge in [-0.25, -0.2) is 0 Å². The summed E-state index contributed by atoms with van der Waals surface area (Å²) in [4.78, 5) is 13.0. The first kappa shape index (κ1) is 16.6. The fourth-order valence-corrected chi connectivity index (χ4v) is 3.74. The highest BCUT2D eigenvalue weighted by Crippen LogP contribution is 2.25. The van der Waals surface area contributed by atoms with Gasteiger partial charge in [0.05, 0.1) is 6.04 Å². The zero-order chi connectivity index (χ0) is 17.8. The Balaban J connectivity index is 1.62. The molecule has 0 saturated heterocycles. The zero-order valence-electron chi connectivity index (χ0n) is 14.8. The van der Waals surface area contributed by atoms with Crippen molar-refractivity contribution in [2.24, 2.45) is 0 Å². The lowest BCUT2D eigenvalue weighted by molar-refractivity contribution is 0.0943. The number of carbonyl (C=O) groups is 1. The maximum atomic E-state index is 13.0. The number of nitrogens with one attached hydrogen (secondary N) is 1. The second-order valence-electron chi connectivity index (χ2n) is 6.92. The molecular weight excluding hydrogens is 318 g/mol. The summed E-state index contributed by atoms with van der Waals surface area (Å²) in [5.41, 5.74) is 5.66. The van der Waals surface area contributed by atoms with Crippen molar-refractivity contribution in [3.63, 3.8) is 0 Å². The van der Waals surface area contributed by atoms with E-state index in [1.165, 1.54) is 24.0 Å². The first-order valence-corrected chi connectivity index (χ1v) is 9.34. The van der Waals surface area contributed by atoms with Crippen molar-refractivity contribution < 1.29 is 4.79 Å². The summed E-state index contributed by atoms with van der Waals surface area (Å²) < 4.78 is 0. The number of hydrogen-bond acceptors (Lipinski definition) is 1. The van der Waals surface area contributed by atoms with Gasteiger partial charge in [0.15, 0.2) is 0 Å². The van der Waals surface area contributed by atoms with Gasteiger partial charge in [-0.1, -0.05) is 66.7 Å². The van der Waals surface area contributed by atoms with E-state index in [1.54, 1.807) is 0 Å². The third kappa shape index (κ3) is 3.55. The first-order valence-electron chi connectivity index (χ1n) is 9.34. The molecule has 1 amide bonds. The van der Waals surface area contributed by atoms with Crippen LogP contribution in [-0.4, -0.2) is 5.91 Å². The van der Waals surface area contributed by atoms with Crippen molar-refractivity contribution >= 4 is 5.91 Å². The average molecular weight is 341 g/mol. The van der Waals surface area contributed by atoms with E-state index in [1.807, 2.05) is 42.5 Å². The Kier molecular flexibility index (Phi) is 4.83. The number of hydrogen-bond donors (Lipinski definition) is 1. The number of benzene rings is 3. The van der Waals surface area contributed by atoms with Gasteiger partial charge in [0.25, 0.3) is 5.91 Å². The van der Waals surface area contributed by atoms with Crippen LogP contribution in [0.2, 0.25) is 0 Å². The van der Waals surface area contributed by atoms with Crippen LogP contribution in [0.25, 0.3) is 0 Å². The van der Waals surface area contributed by atoms with E-state index >= 15 is 0 Å². The zero-order valence-corrected chi connectivity index (χ0v) is 14.8. The van der Waals surface area contributed by atoms with Gasteiger partial charge in [-0.2, -0.15) is 0 Å². The van der Waals surface area contributed by atoms with Gasteiger partial charge < -0.3 is 5.32 Å². The Morgan fingerprint density at radius 2 is 1.31 bits per heavy atom. The highest BCUT2D eigenvalue weighted by Gasteiger charge is 2.19. The Morgan fingerprint density at radius 3 is 1.92 bits per heavy atom. The molecule has 0 heterocycles. The van der Waals surface area contributed by atoms with Crippen molar-refractivity contribution in [1.29, 1.82) is 0 Å². The molecule has 0 saturated carbocycles. The third-order valence-corrected chi connectivity index (χ3v) is 5.15. The van der Waals surface area contributed by atoms with Crippen LogP contribution in [0.5, 0.6) is 0 Å². The van der Waals surface area contributed by atoms with Crippen LogP contribution in [-0.2, 0) is 12.8 Å². The molecule has 2 heteroatoms. The van der Waals surface area contributed by atoms with Crippen LogP contribution in [0.15, 0.2) is 78.9 Å². The molecule has 3 aromatic carbocycles. The van der Waals surface area contributed by atoms with Crippen LogP contribution in [0.1, 0.15) is 51.5 Å². The van der Waals surface area contributed by atoms with Crippen molar-refractivity contribution in [2.75, 3.05) is 0 Å². The molecule has 1 aliphatic rings. The van der Waals surface area contributed by atoms with E-state index in [2.05, 4.69) is 41.7 Å². The summed E-state index contributed by atoms with van der Waals surface area (Å²) in [5.74, 6) is -0.0175. The minimum Gasteiger partial charge on any atom is -0.341 e. The maximum absolute atomic E-state index is 13.0. The predicted molar refractivity (Wildman–Crippen MR) is 105 cm³/mol. The number of fused-ring (bicyclic) bond motifs is 1. The standard InChI is InChI=1S/C24H23NO/c26-24(22-16-15-18-9-7-8-14-21(18)17-22)25-23(19-10-3-1-4-11-19)20-12-5-2-6-13-20/h1-6,10-13,15-17,23H,7-9,14H2,(H,25,26). The molecule has 0 unspecified atom stereocenters. The molecule has 26 heavy (non-hydrogen) atoms. The van der Waals surface area contributed by atoms with Crippen LogP contribution < -0.4 is 5.32 Å². The normalized spacial score (nSPS) is 13.3. The van der Waals surface area contributed by atoms with Crippen LogP contribution in [0.4, 0.5) is 0 Å². The Morgan fingerprint density at radius 1 is 0.731 bits per heavy atom. The molecule has 3 aromatic rings. The van der Waals surface area contributed by atoms with E-state index in [9.17, 15) is 4.79 Å². The van der Waals surface area contributed by atoms with Crippen LogP contribution >= 0.6 is 0 Å². The fourth-order valence-electron chi connectivity index (χ4n) is 3.74. The van der Waals surface area contributed by atoms with Crippen LogP contribution in [0.3, 0.4) is 0 Å². The van der Waals surface area contributed by atoms with Gasteiger partial charge in [0.2, 0.25) is 0 Å².